The monoisotopic (exact) mass is 401 g/mol. The van der Waals surface area contributed by atoms with Crippen molar-refractivity contribution < 1.29 is 28.6 Å². The Hall–Kier alpha value is -3.09. The summed E-state index contributed by atoms with van der Waals surface area (Å²) < 4.78 is 15.4. The molecule has 7 heteroatoms. The number of benzene rings is 1. The number of aryl methyl sites for hydroxylation is 2. The summed E-state index contributed by atoms with van der Waals surface area (Å²) >= 11 is 0. The summed E-state index contributed by atoms with van der Waals surface area (Å²) in [7, 11) is 1.59. The minimum atomic E-state index is -0.967. The first-order valence-electron chi connectivity index (χ1n) is 9.51. The molecule has 1 heterocycles. The topological polar surface area (TPSA) is 94.7 Å². The van der Waals surface area contributed by atoms with Gasteiger partial charge in [-0.3, -0.25) is 9.59 Å². The van der Waals surface area contributed by atoms with E-state index < -0.39 is 18.0 Å². The largest absolute Gasteiger partial charge is 0.497 e. The van der Waals surface area contributed by atoms with Crippen LogP contribution in [0.25, 0.3) is 0 Å². The molecule has 0 spiro atoms. The minimum absolute atomic E-state index is 0.154. The number of carbonyl (C=O) groups is 3. The van der Waals surface area contributed by atoms with Gasteiger partial charge in [0.2, 0.25) is 5.78 Å². The molecule has 2 aromatic rings. The quantitative estimate of drug-likeness (QED) is 0.510. The maximum absolute atomic E-state index is 12.7. The van der Waals surface area contributed by atoms with E-state index in [9.17, 15) is 14.4 Å². The van der Waals surface area contributed by atoms with Crippen LogP contribution in [-0.4, -0.2) is 42.5 Å². The lowest BCUT2D eigenvalue weighted by atomic mass is 10.1. The van der Waals surface area contributed by atoms with Crippen LogP contribution in [0, 0.1) is 13.8 Å². The molecule has 2 rings (SSSR count). The van der Waals surface area contributed by atoms with Gasteiger partial charge in [-0.1, -0.05) is 12.1 Å². The summed E-state index contributed by atoms with van der Waals surface area (Å²) in [6.07, 6.45) is -0.317. The summed E-state index contributed by atoms with van der Waals surface area (Å²) in [5.41, 5.74) is 2.60. The molecule has 29 heavy (non-hydrogen) atoms. The zero-order valence-corrected chi connectivity index (χ0v) is 17.5. The van der Waals surface area contributed by atoms with Gasteiger partial charge in [0, 0.05) is 12.1 Å². The first kappa shape index (κ1) is 22.2. The van der Waals surface area contributed by atoms with E-state index in [0.29, 0.717) is 23.2 Å². The molecular formula is C22H27NO6. The highest BCUT2D eigenvalue weighted by molar-refractivity contribution is 6.03. The highest BCUT2D eigenvalue weighted by atomic mass is 16.5. The maximum Gasteiger partial charge on any atom is 0.340 e. The van der Waals surface area contributed by atoms with Crippen molar-refractivity contribution in [1.82, 2.24) is 4.98 Å². The van der Waals surface area contributed by atoms with Crippen LogP contribution < -0.4 is 4.74 Å². The molecule has 0 aliphatic heterocycles. The molecule has 0 saturated carbocycles. The second kappa shape index (κ2) is 9.91. The number of aromatic nitrogens is 1. The van der Waals surface area contributed by atoms with Crippen LogP contribution in [0.4, 0.5) is 0 Å². The molecule has 1 aromatic carbocycles. The minimum Gasteiger partial charge on any atom is -0.497 e. The third kappa shape index (κ3) is 5.47. The molecule has 7 nitrogen and oxygen atoms in total. The van der Waals surface area contributed by atoms with Gasteiger partial charge >= 0.3 is 11.9 Å². The number of carbonyl (C=O) groups excluding carboxylic acids is 3. The average molecular weight is 401 g/mol. The number of methoxy groups -OCH3 is 1. The van der Waals surface area contributed by atoms with Gasteiger partial charge in [0.05, 0.1) is 25.0 Å². The number of rotatable bonds is 9. The number of Topliss-reactive ketones (excluding diaryl/α,β-unsaturated/α-hetero) is 1. The molecule has 1 unspecified atom stereocenters. The molecule has 156 valence electrons. The Bertz CT molecular complexity index is 881. The van der Waals surface area contributed by atoms with Crippen molar-refractivity contribution in [2.24, 2.45) is 0 Å². The molecule has 0 radical (unpaired) electrons. The maximum atomic E-state index is 12.7. The number of ketones is 1. The van der Waals surface area contributed by atoms with E-state index in [-0.39, 0.29) is 24.5 Å². The van der Waals surface area contributed by atoms with Gasteiger partial charge in [-0.2, -0.15) is 0 Å². The van der Waals surface area contributed by atoms with Crippen LogP contribution >= 0.6 is 0 Å². The van der Waals surface area contributed by atoms with Crippen LogP contribution in [0.3, 0.4) is 0 Å². The van der Waals surface area contributed by atoms with Crippen molar-refractivity contribution in [1.29, 1.82) is 0 Å². The van der Waals surface area contributed by atoms with Crippen LogP contribution in [0.1, 0.15) is 57.9 Å². The van der Waals surface area contributed by atoms with E-state index >= 15 is 0 Å². The van der Waals surface area contributed by atoms with E-state index in [1.54, 1.807) is 27.9 Å². The summed E-state index contributed by atoms with van der Waals surface area (Å²) in [4.78, 5) is 39.9. The van der Waals surface area contributed by atoms with Crippen molar-refractivity contribution in [2.45, 2.75) is 46.6 Å². The summed E-state index contributed by atoms with van der Waals surface area (Å²) in [6.45, 7) is 6.85. The Morgan fingerprint density at radius 1 is 1.10 bits per heavy atom. The van der Waals surface area contributed by atoms with E-state index in [4.69, 9.17) is 14.2 Å². The molecule has 1 aromatic heterocycles. The molecule has 1 N–H and O–H groups in total. The van der Waals surface area contributed by atoms with Gasteiger partial charge in [-0.15, -0.1) is 0 Å². The number of nitrogens with one attached hydrogen (secondary N) is 1. The van der Waals surface area contributed by atoms with Crippen LogP contribution in [0.2, 0.25) is 0 Å². The molecule has 0 saturated heterocycles. The lowest BCUT2D eigenvalue weighted by Crippen LogP contribution is -2.25. The van der Waals surface area contributed by atoms with E-state index in [1.165, 1.54) is 6.92 Å². The first-order valence-corrected chi connectivity index (χ1v) is 9.51. The highest BCUT2D eigenvalue weighted by Crippen LogP contribution is 2.21. The summed E-state index contributed by atoms with van der Waals surface area (Å²) in [5, 5.41) is 0. The van der Waals surface area contributed by atoms with Crippen molar-refractivity contribution in [3.63, 3.8) is 0 Å². The molecule has 0 aliphatic carbocycles. The predicted octanol–water partition coefficient (Wildman–Crippen LogP) is 3.56. The normalized spacial score (nSPS) is 11.6. The van der Waals surface area contributed by atoms with Crippen molar-refractivity contribution >= 4 is 17.7 Å². The number of aromatic amines is 1. The van der Waals surface area contributed by atoms with Crippen LogP contribution in [0.5, 0.6) is 5.75 Å². The molecule has 1 atom stereocenters. The van der Waals surface area contributed by atoms with E-state index in [2.05, 4.69) is 4.98 Å². The number of esters is 2. The van der Waals surface area contributed by atoms with Crippen molar-refractivity contribution in [3.8, 4) is 5.75 Å². The fourth-order valence-electron chi connectivity index (χ4n) is 3.06. The fourth-order valence-corrected chi connectivity index (χ4v) is 3.06. The van der Waals surface area contributed by atoms with E-state index in [1.807, 2.05) is 24.3 Å². The smallest absolute Gasteiger partial charge is 0.340 e. The SMILES string of the molecule is CCOC(=O)c1c(C)[nH]c(C(=O)C(C)OC(=O)CCc2ccc(OC)cc2)c1C. The standard InChI is InChI=1S/C22H27NO6/c1-6-28-22(26)19-13(2)20(23-14(19)3)21(25)15(4)29-18(24)12-9-16-7-10-17(27-5)11-8-16/h7-8,10-11,15,23H,6,9,12H2,1-5H3. The third-order valence-electron chi connectivity index (χ3n) is 4.62. The van der Waals surface area contributed by atoms with Gasteiger partial charge in [0.15, 0.2) is 6.10 Å². The molecule has 0 fully saturated rings. The Morgan fingerprint density at radius 2 is 1.76 bits per heavy atom. The molecule has 0 bridgehead atoms. The fraction of sp³-hybridized carbons (Fsp3) is 0.409. The number of H-pyrrole nitrogens is 1. The summed E-state index contributed by atoms with van der Waals surface area (Å²) in [6, 6.07) is 7.40. The van der Waals surface area contributed by atoms with Crippen LogP contribution in [-0.2, 0) is 20.7 Å². The molecule has 0 amide bonds. The summed E-state index contributed by atoms with van der Waals surface area (Å²) in [5.74, 6) is -0.594. The molecular weight excluding hydrogens is 374 g/mol. The second-order valence-electron chi connectivity index (χ2n) is 6.69. The van der Waals surface area contributed by atoms with Crippen molar-refractivity contribution in [3.05, 3.63) is 52.3 Å². The number of ether oxygens (including phenoxy) is 3. The Kier molecular flexibility index (Phi) is 7.59. The van der Waals surface area contributed by atoms with Gasteiger partial charge < -0.3 is 19.2 Å². The van der Waals surface area contributed by atoms with Crippen LogP contribution in [0.15, 0.2) is 24.3 Å². The zero-order chi connectivity index (χ0) is 21.6. The van der Waals surface area contributed by atoms with Gasteiger partial charge in [0.25, 0.3) is 0 Å². The molecule has 0 aliphatic rings. The highest BCUT2D eigenvalue weighted by Gasteiger charge is 2.27. The van der Waals surface area contributed by atoms with Gasteiger partial charge in [-0.05, 0) is 57.4 Å². The Balaban J connectivity index is 1.98. The van der Waals surface area contributed by atoms with Gasteiger partial charge in [-0.25, -0.2) is 4.79 Å². The third-order valence-corrected chi connectivity index (χ3v) is 4.62. The second-order valence-corrected chi connectivity index (χ2v) is 6.69. The number of hydrogen-bond acceptors (Lipinski definition) is 6. The number of hydrogen-bond donors (Lipinski definition) is 1. The average Bonchev–Trinajstić information content (AvgIpc) is 3.00. The Labute approximate surface area is 170 Å². The lowest BCUT2D eigenvalue weighted by molar-refractivity contribution is -0.146. The Morgan fingerprint density at radius 3 is 2.34 bits per heavy atom. The van der Waals surface area contributed by atoms with Crippen molar-refractivity contribution in [2.75, 3.05) is 13.7 Å². The zero-order valence-electron chi connectivity index (χ0n) is 17.5. The predicted molar refractivity (Wildman–Crippen MR) is 107 cm³/mol. The first-order chi connectivity index (χ1) is 13.8. The van der Waals surface area contributed by atoms with Gasteiger partial charge in [0.1, 0.15) is 5.75 Å². The van der Waals surface area contributed by atoms with E-state index in [0.717, 1.165) is 11.3 Å². The lowest BCUT2D eigenvalue weighted by Gasteiger charge is -2.12.